The third kappa shape index (κ3) is 5.03. The number of imide groups is 1. The van der Waals surface area contributed by atoms with Crippen LogP contribution in [0.15, 0.2) is 94.8 Å². The molecule has 0 spiro atoms. The van der Waals surface area contributed by atoms with Crippen LogP contribution >= 0.6 is 27.7 Å². The number of nitrogens with zero attached hydrogens (tertiary/aromatic N) is 1. The number of anilines is 1. The van der Waals surface area contributed by atoms with Crippen molar-refractivity contribution in [1.29, 1.82) is 0 Å². The number of benzene rings is 3. The van der Waals surface area contributed by atoms with E-state index >= 15 is 0 Å². The Kier molecular flexibility index (Phi) is 6.93. The quantitative estimate of drug-likeness (QED) is 0.256. The van der Waals surface area contributed by atoms with Gasteiger partial charge in [-0.1, -0.05) is 58.4 Å². The number of rotatable bonds is 7. The minimum Gasteiger partial charge on any atom is -0.489 e. The number of hydrogen-bond acceptors (Lipinski definition) is 4. The first kappa shape index (κ1) is 22.1. The Labute approximate surface area is 199 Å². The van der Waals surface area contributed by atoms with Crippen LogP contribution in [0.4, 0.5) is 10.5 Å². The number of carbonyl (C=O) groups excluding carboxylic acids is 2. The molecule has 1 fully saturated rings. The second kappa shape index (κ2) is 10.0. The lowest BCUT2D eigenvalue weighted by atomic mass is 10.1. The largest absolute Gasteiger partial charge is 0.489 e. The van der Waals surface area contributed by atoms with Crippen LogP contribution in [0.1, 0.15) is 16.7 Å². The maximum Gasteiger partial charge on any atom is 0.298 e. The molecule has 2 amide bonds. The van der Waals surface area contributed by atoms with Gasteiger partial charge in [-0.3, -0.25) is 9.59 Å². The van der Waals surface area contributed by atoms with Crippen molar-refractivity contribution in [2.75, 3.05) is 4.90 Å². The number of ether oxygens (including phenoxy) is 1. The van der Waals surface area contributed by atoms with Crippen molar-refractivity contribution in [3.8, 4) is 5.75 Å². The van der Waals surface area contributed by atoms with E-state index < -0.39 is 0 Å². The highest BCUT2D eigenvalue weighted by Crippen LogP contribution is 2.36. The summed E-state index contributed by atoms with van der Waals surface area (Å²) in [5.41, 5.74) is 3.43. The highest BCUT2D eigenvalue weighted by atomic mass is 79.9. The van der Waals surface area contributed by atoms with Gasteiger partial charge < -0.3 is 4.74 Å². The molecule has 3 aromatic rings. The van der Waals surface area contributed by atoms with Gasteiger partial charge >= 0.3 is 0 Å². The first-order chi connectivity index (χ1) is 15.5. The van der Waals surface area contributed by atoms with E-state index in [-0.39, 0.29) is 11.1 Å². The summed E-state index contributed by atoms with van der Waals surface area (Å²) in [7, 11) is 0. The Balaban J connectivity index is 1.55. The smallest absolute Gasteiger partial charge is 0.298 e. The van der Waals surface area contributed by atoms with E-state index in [2.05, 4.69) is 22.5 Å². The van der Waals surface area contributed by atoms with Crippen LogP contribution in [-0.4, -0.2) is 11.1 Å². The van der Waals surface area contributed by atoms with E-state index in [1.165, 1.54) is 4.90 Å². The fourth-order valence-corrected chi connectivity index (χ4v) is 4.41. The average Bonchev–Trinajstić information content (AvgIpc) is 3.08. The minimum atomic E-state index is -0.313. The van der Waals surface area contributed by atoms with Crippen LogP contribution in [0, 0.1) is 0 Å². The Bertz CT molecular complexity index is 1190. The summed E-state index contributed by atoms with van der Waals surface area (Å²) in [6, 6.07) is 22.7. The topological polar surface area (TPSA) is 46.6 Å². The molecular formula is C26H20BrNO3S. The lowest BCUT2D eigenvalue weighted by Gasteiger charge is -2.12. The van der Waals surface area contributed by atoms with E-state index in [1.54, 1.807) is 30.3 Å². The zero-order valence-electron chi connectivity index (χ0n) is 17.2. The van der Waals surface area contributed by atoms with Crippen molar-refractivity contribution in [2.24, 2.45) is 0 Å². The molecule has 3 aromatic carbocycles. The summed E-state index contributed by atoms with van der Waals surface area (Å²) < 4.78 is 7.06. The second-order valence-corrected chi connectivity index (χ2v) is 9.04. The van der Waals surface area contributed by atoms with E-state index in [0.717, 1.165) is 38.7 Å². The van der Waals surface area contributed by atoms with Crippen molar-refractivity contribution in [3.05, 3.63) is 112 Å². The molecule has 1 heterocycles. The zero-order valence-corrected chi connectivity index (χ0v) is 19.6. The maximum absolute atomic E-state index is 12.9. The Hall–Kier alpha value is -3.09. The van der Waals surface area contributed by atoms with Gasteiger partial charge in [0.15, 0.2) is 0 Å². The number of hydrogen-bond donors (Lipinski definition) is 0. The van der Waals surface area contributed by atoms with Gasteiger partial charge in [0.05, 0.1) is 10.6 Å². The van der Waals surface area contributed by atoms with Gasteiger partial charge in [-0.25, -0.2) is 4.90 Å². The normalized spacial score (nSPS) is 14.8. The van der Waals surface area contributed by atoms with Crippen LogP contribution in [0.2, 0.25) is 0 Å². The molecule has 32 heavy (non-hydrogen) atoms. The molecule has 4 nitrogen and oxygen atoms in total. The molecule has 160 valence electrons. The number of halogens is 1. The first-order valence-corrected chi connectivity index (χ1v) is 11.6. The molecule has 1 aliphatic heterocycles. The third-order valence-electron chi connectivity index (χ3n) is 4.86. The van der Waals surface area contributed by atoms with Crippen molar-refractivity contribution in [1.82, 2.24) is 0 Å². The molecule has 0 atom stereocenters. The van der Waals surface area contributed by atoms with Gasteiger partial charge in [0, 0.05) is 4.47 Å². The van der Waals surface area contributed by atoms with Crippen LogP contribution in [-0.2, 0) is 17.8 Å². The van der Waals surface area contributed by atoms with Crippen molar-refractivity contribution >= 4 is 50.6 Å². The minimum absolute atomic E-state index is 0.298. The molecule has 0 N–H and O–H groups in total. The Morgan fingerprint density at radius 3 is 2.47 bits per heavy atom. The van der Waals surface area contributed by atoms with Crippen LogP contribution in [0.3, 0.4) is 0 Å². The van der Waals surface area contributed by atoms with Crippen LogP contribution < -0.4 is 9.64 Å². The van der Waals surface area contributed by atoms with Gasteiger partial charge in [-0.05, 0) is 77.3 Å². The molecular weight excluding hydrogens is 486 g/mol. The Morgan fingerprint density at radius 2 is 1.75 bits per heavy atom. The van der Waals surface area contributed by atoms with E-state index in [0.29, 0.717) is 23.6 Å². The predicted molar refractivity (Wildman–Crippen MR) is 134 cm³/mol. The van der Waals surface area contributed by atoms with Gasteiger partial charge in [0.1, 0.15) is 12.4 Å². The molecule has 0 aromatic heterocycles. The molecule has 4 rings (SSSR count). The van der Waals surface area contributed by atoms with E-state index in [9.17, 15) is 9.59 Å². The van der Waals surface area contributed by atoms with Gasteiger partial charge in [-0.2, -0.15) is 0 Å². The van der Waals surface area contributed by atoms with Crippen LogP contribution in [0.5, 0.6) is 5.75 Å². The molecule has 0 saturated carbocycles. The first-order valence-electron chi connectivity index (χ1n) is 9.99. The number of para-hydroxylation sites is 1. The van der Waals surface area contributed by atoms with Gasteiger partial charge in [0.25, 0.3) is 11.1 Å². The molecule has 0 radical (unpaired) electrons. The lowest BCUT2D eigenvalue weighted by Crippen LogP contribution is -2.27. The molecule has 0 aliphatic carbocycles. The fourth-order valence-electron chi connectivity index (χ4n) is 3.31. The van der Waals surface area contributed by atoms with E-state index in [4.69, 9.17) is 4.74 Å². The van der Waals surface area contributed by atoms with Crippen molar-refractivity contribution in [2.45, 2.75) is 13.0 Å². The monoisotopic (exact) mass is 505 g/mol. The van der Waals surface area contributed by atoms with Gasteiger partial charge in [0.2, 0.25) is 0 Å². The molecule has 1 aliphatic rings. The van der Waals surface area contributed by atoms with Crippen molar-refractivity contribution in [3.63, 3.8) is 0 Å². The molecule has 0 unspecified atom stereocenters. The highest BCUT2D eigenvalue weighted by Gasteiger charge is 2.36. The summed E-state index contributed by atoms with van der Waals surface area (Å²) in [4.78, 5) is 26.9. The number of allylic oxidation sites excluding steroid dienone is 1. The van der Waals surface area contributed by atoms with E-state index in [1.807, 2.05) is 54.6 Å². The maximum atomic E-state index is 12.9. The zero-order chi connectivity index (χ0) is 22.5. The third-order valence-corrected chi connectivity index (χ3v) is 6.26. The summed E-state index contributed by atoms with van der Waals surface area (Å²) in [5.74, 6) is 0.453. The summed E-state index contributed by atoms with van der Waals surface area (Å²) in [6.07, 6.45) is 4.19. The Morgan fingerprint density at radius 1 is 1.00 bits per heavy atom. The molecule has 1 saturated heterocycles. The summed E-state index contributed by atoms with van der Waals surface area (Å²) in [6.45, 7) is 4.29. The fraction of sp³-hybridized carbons (Fsp3) is 0.0769. The molecule has 0 bridgehead atoms. The number of carbonyl (C=O) groups is 2. The van der Waals surface area contributed by atoms with Gasteiger partial charge in [-0.15, -0.1) is 6.58 Å². The number of thioether (sulfide) groups is 1. The predicted octanol–water partition coefficient (Wildman–Crippen LogP) is 7.00. The second-order valence-electron chi connectivity index (χ2n) is 7.13. The summed E-state index contributed by atoms with van der Waals surface area (Å²) >= 11 is 4.38. The standard InChI is InChI=1S/C26H20BrNO3S/c1-2-6-20-15-19(11-14-23(20)31-17-18-9-12-21(27)13-10-18)16-24-25(29)28(26(30)32-24)22-7-4-3-5-8-22/h2-5,7-16H,1,6,17H2/b24-16-. The highest BCUT2D eigenvalue weighted by molar-refractivity contribution is 9.10. The summed E-state index contributed by atoms with van der Waals surface area (Å²) in [5, 5.41) is -0.298. The molecule has 6 heteroatoms. The van der Waals surface area contributed by atoms with Crippen LogP contribution in [0.25, 0.3) is 6.08 Å². The SMILES string of the molecule is C=CCc1cc(/C=C2\SC(=O)N(c3ccccc3)C2=O)ccc1OCc1ccc(Br)cc1. The van der Waals surface area contributed by atoms with Crippen molar-refractivity contribution < 1.29 is 14.3 Å². The lowest BCUT2D eigenvalue weighted by molar-refractivity contribution is -0.113. The number of amides is 2. The average molecular weight is 506 g/mol.